The number of carbonyl (C=O) groups is 3. The molecule has 9 nitrogen and oxygen atoms in total. The van der Waals surface area contributed by atoms with Crippen LogP contribution < -0.4 is 5.32 Å². The van der Waals surface area contributed by atoms with Crippen molar-refractivity contribution in [3.63, 3.8) is 0 Å². The zero-order chi connectivity index (χ0) is 27.1. The van der Waals surface area contributed by atoms with Gasteiger partial charge >= 0.3 is 6.03 Å². The summed E-state index contributed by atoms with van der Waals surface area (Å²) in [6.07, 6.45) is 1.57. The van der Waals surface area contributed by atoms with Gasteiger partial charge in [0, 0.05) is 20.1 Å². The minimum absolute atomic E-state index is 0.0158. The standard InChI is InChI=1S/C28H36FN5O4/c1-3-4-13-24-27(36)32(14-15-38-20-22-11-8-12-23(29)16-22)18-25-33(24)26(35)19-31(2)34(25)28(37)30-17-21-9-6-5-7-10-21/h5-12,16,24-25H,3-4,13-15,17-20H2,1-2H3,(H,30,37)/t24-,25-/m0/s1. The van der Waals surface area contributed by atoms with E-state index in [2.05, 4.69) is 5.32 Å². The Morgan fingerprint density at radius 3 is 2.61 bits per heavy atom. The van der Waals surface area contributed by atoms with Crippen molar-refractivity contribution in [1.82, 2.24) is 25.1 Å². The normalized spacial score (nSPS) is 20.0. The summed E-state index contributed by atoms with van der Waals surface area (Å²) in [6.45, 7) is 3.36. The fraction of sp³-hybridized carbons (Fsp3) is 0.464. The van der Waals surface area contributed by atoms with Gasteiger partial charge in [0.2, 0.25) is 11.8 Å². The zero-order valence-corrected chi connectivity index (χ0v) is 22.0. The van der Waals surface area contributed by atoms with Gasteiger partial charge in [0.05, 0.1) is 26.3 Å². The third-order valence-corrected chi connectivity index (χ3v) is 6.93. The van der Waals surface area contributed by atoms with Crippen molar-refractivity contribution in [3.8, 4) is 0 Å². The van der Waals surface area contributed by atoms with Gasteiger partial charge in [-0.3, -0.25) is 9.59 Å². The number of ether oxygens (including phenoxy) is 1. The lowest BCUT2D eigenvalue weighted by molar-refractivity contribution is -0.188. The van der Waals surface area contributed by atoms with Gasteiger partial charge in [0.25, 0.3) is 0 Å². The van der Waals surface area contributed by atoms with Crippen LogP contribution >= 0.6 is 0 Å². The number of rotatable bonds is 10. The Balaban J connectivity index is 1.47. The average Bonchev–Trinajstić information content (AvgIpc) is 2.90. The highest BCUT2D eigenvalue weighted by atomic mass is 19.1. The van der Waals surface area contributed by atoms with Crippen molar-refractivity contribution in [1.29, 1.82) is 0 Å². The van der Waals surface area contributed by atoms with Crippen LogP contribution in [-0.4, -0.2) is 83.2 Å². The second-order valence-corrected chi connectivity index (χ2v) is 9.71. The Bertz CT molecular complexity index is 1120. The molecule has 10 heteroatoms. The third kappa shape index (κ3) is 6.49. The van der Waals surface area contributed by atoms with E-state index in [1.54, 1.807) is 39.0 Å². The second-order valence-electron chi connectivity index (χ2n) is 9.71. The van der Waals surface area contributed by atoms with Crippen LogP contribution in [0, 0.1) is 5.82 Å². The molecule has 2 heterocycles. The quantitative estimate of drug-likeness (QED) is 0.482. The molecule has 2 atom stereocenters. The van der Waals surface area contributed by atoms with E-state index < -0.39 is 12.2 Å². The van der Waals surface area contributed by atoms with Crippen molar-refractivity contribution in [3.05, 3.63) is 71.5 Å². The monoisotopic (exact) mass is 525 g/mol. The minimum atomic E-state index is -0.637. The largest absolute Gasteiger partial charge is 0.375 e. The van der Waals surface area contributed by atoms with Gasteiger partial charge in [-0.25, -0.2) is 19.2 Å². The molecule has 4 amide bonds. The molecular formula is C28H36FN5O4. The number of fused-ring (bicyclic) bond motifs is 1. The van der Waals surface area contributed by atoms with Gasteiger partial charge in [-0.1, -0.05) is 62.2 Å². The molecule has 0 aliphatic carbocycles. The molecule has 0 bridgehead atoms. The van der Waals surface area contributed by atoms with Gasteiger partial charge in [-0.15, -0.1) is 0 Å². The van der Waals surface area contributed by atoms with Crippen LogP contribution in [0.2, 0.25) is 0 Å². The number of benzene rings is 2. The van der Waals surface area contributed by atoms with Crippen LogP contribution in [0.4, 0.5) is 9.18 Å². The Kier molecular flexibility index (Phi) is 9.30. The van der Waals surface area contributed by atoms with E-state index in [-0.39, 0.29) is 50.0 Å². The van der Waals surface area contributed by atoms with Crippen LogP contribution in [0.5, 0.6) is 0 Å². The summed E-state index contributed by atoms with van der Waals surface area (Å²) in [5.74, 6) is -0.624. The lowest BCUT2D eigenvalue weighted by atomic mass is 10.0. The first-order valence-corrected chi connectivity index (χ1v) is 13.1. The summed E-state index contributed by atoms with van der Waals surface area (Å²) in [4.78, 5) is 43.3. The van der Waals surface area contributed by atoms with E-state index in [1.165, 1.54) is 12.1 Å². The number of halogens is 1. The predicted molar refractivity (Wildman–Crippen MR) is 140 cm³/mol. The van der Waals surface area contributed by atoms with Crippen LogP contribution in [0.1, 0.15) is 37.3 Å². The molecule has 2 aromatic carbocycles. The fourth-order valence-electron chi connectivity index (χ4n) is 5.03. The zero-order valence-electron chi connectivity index (χ0n) is 22.0. The summed E-state index contributed by atoms with van der Waals surface area (Å²) >= 11 is 0. The molecule has 2 aromatic rings. The molecular weight excluding hydrogens is 489 g/mol. The molecule has 204 valence electrons. The van der Waals surface area contributed by atoms with Gasteiger partial charge in [-0.2, -0.15) is 0 Å². The van der Waals surface area contributed by atoms with Crippen molar-refractivity contribution in [2.45, 2.75) is 51.5 Å². The first-order chi connectivity index (χ1) is 18.4. The fourth-order valence-corrected chi connectivity index (χ4v) is 5.03. The highest BCUT2D eigenvalue weighted by Crippen LogP contribution is 2.28. The molecule has 0 unspecified atom stereocenters. The summed E-state index contributed by atoms with van der Waals surface area (Å²) in [7, 11) is 1.71. The highest BCUT2D eigenvalue weighted by molar-refractivity contribution is 5.91. The van der Waals surface area contributed by atoms with Gasteiger partial charge < -0.3 is 19.9 Å². The average molecular weight is 526 g/mol. The molecule has 38 heavy (non-hydrogen) atoms. The van der Waals surface area contributed by atoms with E-state index in [0.717, 1.165) is 18.4 Å². The maximum Gasteiger partial charge on any atom is 0.334 e. The summed E-state index contributed by atoms with van der Waals surface area (Å²) in [5.41, 5.74) is 1.67. The van der Waals surface area contributed by atoms with E-state index in [1.807, 2.05) is 37.3 Å². The van der Waals surface area contributed by atoms with Crippen LogP contribution in [0.15, 0.2) is 54.6 Å². The molecule has 1 N–H and O–H groups in total. The predicted octanol–water partition coefficient (Wildman–Crippen LogP) is 2.97. The third-order valence-electron chi connectivity index (χ3n) is 6.93. The number of nitrogens with one attached hydrogen (secondary N) is 1. The molecule has 2 aliphatic rings. The van der Waals surface area contributed by atoms with Crippen molar-refractivity contribution >= 4 is 17.8 Å². The molecule has 0 saturated carbocycles. The number of hydrazine groups is 1. The van der Waals surface area contributed by atoms with Crippen LogP contribution in [0.25, 0.3) is 0 Å². The summed E-state index contributed by atoms with van der Waals surface area (Å²) in [6, 6.07) is 14.8. The Morgan fingerprint density at radius 1 is 1.11 bits per heavy atom. The second kappa shape index (κ2) is 12.8. The van der Waals surface area contributed by atoms with E-state index in [9.17, 15) is 18.8 Å². The number of nitrogens with zero attached hydrogens (tertiary/aromatic N) is 4. The highest BCUT2D eigenvalue weighted by Gasteiger charge is 2.50. The molecule has 4 rings (SSSR count). The number of piperazine rings is 1. The Labute approximate surface area is 223 Å². The number of likely N-dealkylation sites (N-methyl/N-ethyl adjacent to an activating group) is 1. The molecule has 0 spiro atoms. The molecule has 2 saturated heterocycles. The number of hydrogen-bond donors (Lipinski definition) is 1. The van der Waals surface area contributed by atoms with Crippen molar-refractivity contribution in [2.24, 2.45) is 0 Å². The summed E-state index contributed by atoms with van der Waals surface area (Å²) in [5, 5.41) is 6.13. The van der Waals surface area contributed by atoms with Gasteiger partial charge in [-0.05, 0) is 29.7 Å². The molecule has 2 fully saturated rings. The molecule has 0 aromatic heterocycles. The number of amides is 4. The Hall–Kier alpha value is -3.50. The lowest BCUT2D eigenvalue weighted by Crippen LogP contribution is -2.76. The number of hydrogen-bond acceptors (Lipinski definition) is 5. The van der Waals surface area contributed by atoms with Crippen molar-refractivity contribution < 1.29 is 23.5 Å². The molecule has 2 aliphatic heterocycles. The first-order valence-electron chi connectivity index (χ1n) is 13.1. The number of carbonyl (C=O) groups excluding carboxylic acids is 3. The van der Waals surface area contributed by atoms with Crippen LogP contribution in [0.3, 0.4) is 0 Å². The maximum atomic E-state index is 13.5. The van der Waals surface area contributed by atoms with E-state index in [4.69, 9.17) is 4.74 Å². The van der Waals surface area contributed by atoms with E-state index >= 15 is 0 Å². The topological polar surface area (TPSA) is 85.4 Å². The van der Waals surface area contributed by atoms with Gasteiger partial charge in [0.1, 0.15) is 18.0 Å². The first kappa shape index (κ1) is 27.5. The van der Waals surface area contributed by atoms with Gasteiger partial charge in [0.15, 0.2) is 0 Å². The molecule has 0 radical (unpaired) electrons. The minimum Gasteiger partial charge on any atom is -0.375 e. The Morgan fingerprint density at radius 2 is 1.87 bits per heavy atom. The number of unbranched alkanes of at least 4 members (excludes halogenated alkanes) is 1. The number of urea groups is 1. The van der Waals surface area contributed by atoms with Crippen molar-refractivity contribution in [2.75, 3.05) is 33.3 Å². The maximum absolute atomic E-state index is 13.5. The lowest BCUT2D eigenvalue weighted by Gasteiger charge is -2.54. The smallest absolute Gasteiger partial charge is 0.334 e. The van der Waals surface area contributed by atoms with E-state index in [0.29, 0.717) is 25.1 Å². The SMILES string of the molecule is CCCC[C@H]1C(=O)N(CCOCc2cccc(F)c2)C[C@H]2N1C(=O)CN(C)N2C(=O)NCc1ccccc1. The summed E-state index contributed by atoms with van der Waals surface area (Å²) < 4.78 is 19.2. The van der Waals surface area contributed by atoms with Crippen LogP contribution in [-0.2, 0) is 27.5 Å².